The predicted molar refractivity (Wildman–Crippen MR) is 125 cm³/mol. The summed E-state index contributed by atoms with van der Waals surface area (Å²) >= 11 is 0. The van der Waals surface area contributed by atoms with Crippen LogP contribution in [0.5, 0.6) is 0 Å². The second kappa shape index (κ2) is 7.16. The van der Waals surface area contributed by atoms with Crippen LogP contribution in [0, 0.1) is 12.7 Å². The van der Waals surface area contributed by atoms with E-state index in [0.29, 0.717) is 18.5 Å². The van der Waals surface area contributed by atoms with Gasteiger partial charge in [-0.1, -0.05) is 36.4 Å². The van der Waals surface area contributed by atoms with Gasteiger partial charge < -0.3 is 10.8 Å². The Hall–Kier alpha value is -3.68. The van der Waals surface area contributed by atoms with Gasteiger partial charge in [0.2, 0.25) is 0 Å². The zero-order chi connectivity index (χ0) is 22.7. The number of hydrogen-bond acceptors (Lipinski definition) is 5. The molecule has 164 valence electrons. The molecular formula is C26H22FN5O. The minimum Gasteiger partial charge on any atom is -0.393 e. The van der Waals surface area contributed by atoms with Gasteiger partial charge in [0.1, 0.15) is 5.82 Å². The fraction of sp³-hybridized carbons (Fsp3) is 0.192. The summed E-state index contributed by atoms with van der Waals surface area (Å²) in [6, 6.07) is 18.3. The van der Waals surface area contributed by atoms with Crippen LogP contribution in [0.4, 0.5) is 4.39 Å². The van der Waals surface area contributed by atoms with Crippen molar-refractivity contribution >= 4 is 16.7 Å². The summed E-state index contributed by atoms with van der Waals surface area (Å²) in [5, 5.41) is 15.1. The monoisotopic (exact) mass is 439 g/mol. The molecule has 2 aromatic carbocycles. The quantitative estimate of drug-likeness (QED) is 0.436. The normalized spacial score (nSPS) is 20.3. The first-order chi connectivity index (χ1) is 15.9. The maximum absolute atomic E-state index is 14.1. The number of nitrogens with two attached hydrogens (primary N) is 1. The molecule has 0 bridgehead atoms. The SMILES string of the molecule is Cc1cc2ncc3cc(-c4cccc(F)c4)c(-c4ccc(C5(N)CC(O)C5)cc4)nc3n2n1. The molecule has 0 radical (unpaired) electrons. The fourth-order valence-electron chi connectivity index (χ4n) is 4.73. The third kappa shape index (κ3) is 3.28. The Balaban J connectivity index is 1.56. The highest BCUT2D eigenvalue weighted by atomic mass is 19.1. The van der Waals surface area contributed by atoms with E-state index in [2.05, 4.69) is 10.1 Å². The number of halogens is 1. The maximum Gasteiger partial charge on any atom is 0.165 e. The highest BCUT2D eigenvalue weighted by Crippen LogP contribution is 2.40. The van der Waals surface area contributed by atoms with Crippen LogP contribution in [0.15, 0.2) is 66.9 Å². The molecule has 3 heterocycles. The molecule has 1 aliphatic carbocycles. The second-order valence-corrected chi connectivity index (χ2v) is 8.92. The van der Waals surface area contributed by atoms with Crippen LogP contribution in [0.3, 0.4) is 0 Å². The van der Waals surface area contributed by atoms with E-state index < -0.39 is 5.54 Å². The Morgan fingerprint density at radius 3 is 2.58 bits per heavy atom. The topological polar surface area (TPSA) is 89.3 Å². The minimum absolute atomic E-state index is 0.307. The number of rotatable bonds is 3. The highest BCUT2D eigenvalue weighted by molar-refractivity contribution is 5.90. The number of nitrogens with zero attached hydrogens (tertiary/aromatic N) is 4. The molecule has 5 aromatic rings. The van der Waals surface area contributed by atoms with Crippen molar-refractivity contribution in [1.82, 2.24) is 19.6 Å². The molecule has 3 aromatic heterocycles. The van der Waals surface area contributed by atoms with Crippen molar-refractivity contribution in [2.75, 3.05) is 0 Å². The summed E-state index contributed by atoms with van der Waals surface area (Å²) in [5.41, 5.74) is 12.3. The van der Waals surface area contributed by atoms with Crippen LogP contribution >= 0.6 is 0 Å². The maximum atomic E-state index is 14.1. The summed E-state index contributed by atoms with van der Waals surface area (Å²) in [7, 11) is 0. The molecule has 0 atom stereocenters. The average molecular weight is 439 g/mol. The van der Waals surface area contributed by atoms with Gasteiger partial charge in [-0.15, -0.1) is 0 Å². The van der Waals surface area contributed by atoms with E-state index >= 15 is 0 Å². The Kier molecular flexibility index (Phi) is 4.33. The van der Waals surface area contributed by atoms with Crippen molar-refractivity contribution in [1.29, 1.82) is 0 Å². The number of hydrogen-bond donors (Lipinski definition) is 2. The summed E-state index contributed by atoms with van der Waals surface area (Å²) in [5.74, 6) is -0.307. The first kappa shape index (κ1) is 20.0. The molecule has 1 saturated carbocycles. The van der Waals surface area contributed by atoms with Gasteiger partial charge >= 0.3 is 0 Å². The lowest BCUT2D eigenvalue weighted by atomic mass is 9.70. The van der Waals surface area contributed by atoms with Crippen LogP contribution in [0.1, 0.15) is 24.1 Å². The van der Waals surface area contributed by atoms with E-state index in [1.54, 1.807) is 16.8 Å². The van der Waals surface area contributed by atoms with Gasteiger partial charge in [-0.3, -0.25) is 0 Å². The van der Waals surface area contributed by atoms with Gasteiger partial charge in [-0.05, 0) is 49.1 Å². The third-order valence-corrected chi connectivity index (χ3v) is 6.45. The molecule has 0 unspecified atom stereocenters. The molecule has 1 fully saturated rings. The molecule has 7 heteroatoms. The van der Waals surface area contributed by atoms with E-state index in [-0.39, 0.29) is 11.9 Å². The number of benzene rings is 2. The molecular weight excluding hydrogens is 417 g/mol. The molecule has 6 rings (SSSR count). The van der Waals surface area contributed by atoms with Gasteiger partial charge in [0.05, 0.1) is 17.5 Å². The molecule has 0 saturated heterocycles. The van der Waals surface area contributed by atoms with E-state index in [4.69, 9.17) is 10.7 Å². The van der Waals surface area contributed by atoms with Crippen LogP contribution in [0.25, 0.3) is 39.1 Å². The average Bonchev–Trinajstić information content (AvgIpc) is 3.18. The molecule has 0 spiro atoms. The Bertz CT molecular complexity index is 1520. The number of aryl methyl sites for hydroxylation is 1. The minimum atomic E-state index is -0.495. The summed E-state index contributed by atoms with van der Waals surface area (Å²) in [6.07, 6.45) is 2.54. The van der Waals surface area contributed by atoms with E-state index in [1.165, 1.54) is 12.1 Å². The molecule has 3 N–H and O–H groups in total. The first-order valence-corrected chi connectivity index (χ1v) is 10.9. The van der Waals surface area contributed by atoms with Crippen LogP contribution in [-0.2, 0) is 5.54 Å². The Morgan fingerprint density at radius 2 is 1.85 bits per heavy atom. The zero-order valence-electron chi connectivity index (χ0n) is 18.0. The van der Waals surface area contributed by atoms with Gasteiger partial charge in [0, 0.05) is 34.3 Å². The number of aromatic nitrogens is 4. The predicted octanol–water partition coefficient (Wildman–Crippen LogP) is 4.37. The Labute approximate surface area is 189 Å². The highest BCUT2D eigenvalue weighted by Gasteiger charge is 2.41. The molecule has 0 amide bonds. The largest absolute Gasteiger partial charge is 0.393 e. The van der Waals surface area contributed by atoms with E-state index in [0.717, 1.165) is 44.7 Å². The van der Waals surface area contributed by atoms with Crippen molar-refractivity contribution in [3.05, 3.63) is 83.9 Å². The van der Waals surface area contributed by atoms with Gasteiger partial charge in [0.25, 0.3) is 0 Å². The number of pyridine rings is 1. The zero-order valence-corrected chi connectivity index (χ0v) is 18.0. The second-order valence-electron chi connectivity index (χ2n) is 8.92. The fourth-order valence-corrected chi connectivity index (χ4v) is 4.73. The summed E-state index contributed by atoms with van der Waals surface area (Å²) in [6.45, 7) is 1.92. The lowest BCUT2D eigenvalue weighted by Crippen LogP contribution is -2.51. The number of fused-ring (bicyclic) bond motifs is 3. The van der Waals surface area contributed by atoms with E-state index in [9.17, 15) is 9.50 Å². The molecule has 1 aliphatic rings. The summed E-state index contributed by atoms with van der Waals surface area (Å²) < 4.78 is 15.8. The smallest absolute Gasteiger partial charge is 0.165 e. The van der Waals surface area contributed by atoms with Crippen molar-refractivity contribution in [3.63, 3.8) is 0 Å². The van der Waals surface area contributed by atoms with Crippen molar-refractivity contribution < 1.29 is 9.50 Å². The standard InChI is InChI=1S/C26H22FN5O/c1-15-9-23-29-14-18-11-22(17-3-2-4-20(27)10-17)24(30-25(18)32(23)31-15)16-5-7-19(8-6-16)26(28)12-21(33)13-26/h2-11,14,21,33H,12-13,28H2,1H3. The number of aliphatic hydroxyl groups is 1. The lowest BCUT2D eigenvalue weighted by Gasteiger charge is -2.42. The van der Waals surface area contributed by atoms with Gasteiger partial charge in [-0.25, -0.2) is 14.4 Å². The number of aliphatic hydroxyl groups excluding tert-OH is 1. The van der Waals surface area contributed by atoms with Crippen molar-refractivity contribution in [2.24, 2.45) is 5.73 Å². The van der Waals surface area contributed by atoms with Crippen molar-refractivity contribution in [2.45, 2.75) is 31.4 Å². The third-order valence-electron chi connectivity index (χ3n) is 6.45. The van der Waals surface area contributed by atoms with Gasteiger partial charge in [-0.2, -0.15) is 9.61 Å². The molecule has 33 heavy (non-hydrogen) atoms. The molecule has 6 nitrogen and oxygen atoms in total. The van der Waals surface area contributed by atoms with Crippen LogP contribution < -0.4 is 5.73 Å². The van der Waals surface area contributed by atoms with E-state index in [1.807, 2.05) is 49.4 Å². The first-order valence-electron chi connectivity index (χ1n) is 10.9. The van der Waals surface area contributed by atoms with Crippen molar-refractivity contribution in [3.8, 4) is 22.4 Å². The molecule has 0 aliphatic heterocycles. The summed E-state index contributed by atoms with van der Waals surface area (Å²) in [4.78, 5) is 9.50. The lowest BCUT2D eigenvalue weighted by molar-refractivity contribution is 0.0209. The van der Waals surface area contributed by atoms with Crippen LogP contribution in [0.2, 0.25) is 0 Å². The van der Waals surface area contributed by atoms with Crippen LogP contribution in [-0.4, -0.2) is 30.8 Å². The Morgan fingerprint density at radius 1 is 1.06 bits per heavy atom. The van der Waals surface area contributed by atoms with Gasteiger partial charge in [0.15, 0.2) is 11.3 Å².